The zero-order valence-electron chi connectivity index (χ0n) is 12.2. The molecule has 0 unspecified atom stereocenters. The first-order chi connectivity index (χ1) is 8.36. The van der Waals surface area contributed by atoms with Gasteiger partial charge in [-0.15, -0.1) is 6.42 Å². The summed E-state index contributed by atoms with van der Waals surface area (Å²) in [5, 5.41) is 0. The molecule has 0 atom stereocenters. The Labute approximate surface area is 111 Å². The van der Waals surface area contributed by atoms with Crippen LogP contribution in [0.2, 0.25) is 0 Å². The maximum Gasteiger partial charge on any atom is 0.127 e. The lowest BCUT2D eigenvalue weighted by molar-refractivity contribution is 0.514. The van der Waals surface area contributed by atoms with Crippen LogP contribution in [0.5, 0.6) is 0 Å². The van der Waals surface area contributed by atoms with Crippen molar-refractivity contribution >= 4 is 5.82 Å². The number of hydrogen-bond donors (Lipinski definition) is 1. The summed E-state index contributed by atoms with van der Waals surface area (Å²) in [7, 11) is 0. The lowest BCUT2D eigenvalue weighted by Crippen LogP contribution is -2.19. The van der Waals surface area contributed by atoms with E-state index in [0.29, 0.717) is 12.5 Å². The molecule has 18 heavy (non-hydrogen) atoms. The standard InChI is InChI=1S/C15H25N3/c1-7-10-18-13(16)12(11(8-2)9-3)17-14(18)15(4,5)6/h1,11H,8-10,16H2,2-6H3. The molecule has 1 heterocycles. The van der Waals surface area contributed by atoms with Crippen molar-refractivity contribution in [2.24, 2.45) is 0 Å². The van der Waals surface area contributed by atoms with Gasteiger partial charge in [-0.05, 0) is 12.8 Å². The zero-order valence-corrected chi connectivity index (χ0v) is 12.2. The number of imidazole rings is 1. The summed E-state index contributed by atoms with van der Waals surface area (Å²) < 4.78 is 1.98. The number of aromatic nitrogens is 2. The van der Waals surface area contributed by atoms with E-state index in [9.17, 15) is 0 Å². The zero-order chi connectivity index (χ0) is 13.9. The third-order valence-electron chi connectivity index (χ3n) is 3.33. The van der Waals surface area contributed by atoms with Gasteiger partial charge in [0.05, 0.1) is 12.2 Å². The van der Waals surface area contributed by atoms with Crippen molar-refractivity contribution in [2.75, 3.05) is 5.73 Å². The van der Waals surface area contributed by atoms with Gasteiger partial charge in [0.15, 0.2) is 0 Å². The van der Waals surface area contributed by atoms with E-state index in [1.807, 2.05) is 4.57 Å². The van der Waals surface area contributed by atoms with Gasteiger partial charge in [-0.3, -0.25) is 0 Å². The maximum atomic E-state index is 6.24. The summed E-state index contributed by atoms with van der Waals surface area (Å²) >= 11 is 0. The average Bonchev–Trinajstić information content (AvgIpc) is 2.60. The molecule has 0 aliphatic carbocycles. The Morgan fingerprint density at radius 1 is 1.33 bits per heavy atom. The molecule has 1 aromatic rings. The number of nitrogen functional groups attached to an aromatic ring is 1. The smallest absolute Gasteiger partial charge is 0.127 e. The van der Waals surface area contributed by atoms with Crippen LogP contribution in [0, 0.1) is 12.3 Å². The van der Waals surface area contributed by atoms with E-state index in [-0.39, 0.29) is 5.41 Å². The molecule has 1 aromatic heterocycles. The minimum atomic E-state index is -0.0464. The fourth-order valence-electron chi connectivity index (χ4n) is 2.28. The van der Waals surface area contributed by atoms with Crippen LogP contribution >= 0.6 is 0 Å². The minimum Gasteiger partial charge on any atom is -0.384 e. The highest BCUT2D eigenvalue weighted by atomic mass is 15.1. The molecule has 0 aromatic carbocycles. The molecular formula is C15H25N3. The molecule has 0 aliphatic heterocycles. The number of hydrogen-bond acceptors (Lipinski definition) is 2. The predicted molar refractivity (Wildman–Crippen MR) is 77.5 cm³/mol. The molecule has 3 heteroatoms. The van der Waals surface area contributed by atoms with Crippen LogP contribution in [-0.2, 0) is 12.0 Å². The minimum absolute atomic E-state index is 0.0464. The molecule has 3 nitrogen and oxygen atoms in total. The van der Waals surface area contributed by atoms with Crippen LogP contribution in [0.15, 0.2) is 0 Å². The Bertz CT molecular complexity index is 440. The van der Waals surface area contributed by atoms with E-state index in [4.69, 9.17) is 17.1 Å². The molecule has 0 fully saturated rings. The molecule has 0 amide bonds. The molecule has 0 bridgehead atoms. The van der Waals surface area contributed by atoms with E-state index in [1.165, 1.54) is 0 Å². The second kappa shape index (κ2) is 5.48. The van der Waals surface area contributed by atoms with E-state index in [0.717, 1.165) is 30.2 Å². The third kappa shape index (κ3) is 2.69. The molecule has 1 rings (SSSR count). The lowest BCUT2D eigenvalue weighted by atomic mass is 9.95. The first kappa shape index (κ1) is 14.6. The predicted octanol–water partition coefficient (Wildman–Crippen LogP) is 3.30. The van der Waals surface area contributed by atoms with Gasteiger partial charge < -0.3 is 10.3 Å². The van der Waals surface area contributed by atoms with Gasteiger partial charge in [0.1, 0.15) is 11.6 Å². The summed E-state index contributed by atoms with van der Waals surface area (Å²) in [5.41, 5.74) is 7.21. The Kier molecular flexibility index (Phi) is 4.45. The van der Waals surface area contributed by atoms with Crippen LogP contribution < -0.4 is 5.73 Å². The molecule has 0 radical (unpaired) electrons. The second-order valence-electron chi connectivity index (χ2n) is 5.76. The SMILES string of the molecule is C#CCn1c(C(C)(C)C)nc(C(CC)CC)c1N. The molecule has 0 saturated heterocycles. The fraction of sp³-hybridized carbons (Fsp3) is 0.667. The summed E-state index contributed by atoms with van der Waals surface area (Å²) in [6.07, 6.45) is 7.54. The fourth-order valence-corrected chi connectivity index (χ4v) is 2.28. The van der Waals surface area contributed by atoms with Gasteiger partial charge in [-0.25, -0.2) is 4.98 Å². The molecule has 0 spiro atoms. The van der Waals surface area contributed by atoms with Crippen LogP contribution in [-0.4, -0.2) is 9.55 Å². The number of nitrogens with two attached hydrogens (primary N) is 1. The topological polar surface area (TPSA) is 43.8 Å². The Morgan fingerprint density at radius 3 is 2.28 bits per heavy atom. The Morgan fingerprint density at radius 2 is 1.89 bits per heavy atom. The first-order valence-corrected chi connectivity index (χ1v) is 6.66. The van der Waals surface area contributed by atoms with Gasteiger partial charge in [-0.2, -0.15) is 0 Å². The van der Waals surface area contributed by atoms with Gasteiger partial charge in [0, 0.05) is 11.3 Å². The van der Waals surface area contributed by atoms with Crippen LogP contribution in [0.1, 0.15) is 64.9 Å². The molecule has 2 N–H and O–H groups in total. The Balaban J connectivity index is 3.37. The number of anilines is 1. The van der Waals surface area contributed by atoms with E-state index >= 15 is 0 Å². The van der Waals surface area contributed by atoms with E-state index in [2.05, 4.69) is 40.5 Å². The van der Waals surface area contributed by atoms with Crippen LogP contribution in [0.4, 0.5) is 5.82 Å². The molecular weight excluding hydrogens is 222 g/mol. The highest BCUT2D eigenvalue weighted by Crippen LogP contribution is 2.32. The van der Waals surface area contributed by atoms with Gasteiger partial charge in [0.2, 0.25) is 0 Å². The lowest BCUT2D eigenvalue weighted by Gasteiger charge is -2.19. The van der Waals surface area contributed by atoms with Crippen molar-refractivity contribution in [3.05, 3.63) is 11.5 Å². The van der Waals surface area contributed by atoms with Crippen molar-refractivity contribution in [3.8, 4) is 12.3 Å². The van der Waals surface area contributed by atoms with Crippen molar-refractivity contribution in [1.82, 2.24) is 9.55 Å². The van der Waals surface area contributed by atoms with Crippen LogP contribution in [0.25, 0.3) is 0 Å². The van der Waals surface area contributed by atoms with Crippen molar-refractivity contribution in [2.45, 2.75) is 65.3 Å². The Hall–Kier alpha value is -1.43. The van der Waals surface area contributed by atoms with Gasteiger partial charge >= 0.3 is 0 Å². The number of nitrogens with zero attached hydrogens (tertiary/aromatic N) is 2. The van der Waals surface area contributed by atoms with Gasteiger partial charge in [-0.1, -0.05) is 40.5 Å². The summed E-state index contributed by atoms with van der Waals surface area (Å²) in [5.74, 6) is 4.82. The number of terminal acetylenes is 1. The first-order valence-electron chi connectivity index (χ1n) is 6.66. The number of rotatable bonds is 4. The quantitative estimate of drug-likeness (QED) is 0.830. The van der Waals surface area contributed by atoms with E-state index in [1.54, 1.807) is 0 Å². The largest absolute Gasteiger partial charge is 0.384 e. The summed E-state index contributed by atoms with van der Waals surface area (Å²) in [6, 6.07) is 0. The van der Waals surface area contributed by atoms with E-state index < -0.39 is 0 Å². The van der Waals surface area contributed by atoms with Crippen molar-refractivity contribution in [3.63, 3.8) is 0 Å². The normalized spacial score (nSPS) is 11.8. The van der Waals surface area contributed by atoms with Crippen LogP contribution in [0.3, 0.4) is 0 Å². The monoisotopic (exact) mass is 247 g/mol. The highest BCUT2D eigenvalue weighted by Gasteiger charge is 2.26. The average molecular weight is 247 g/mol. The second-order valence-corrected chi connectivity index (χ2v) is 5.76. The molecule has 100 valence electrons. The molecule has 0 saturated carbocycles. The van der Waals surface area contributed by atoms with Crippen molar-refractivity contribution < 1.29 is 0 Å². The summed E-state index contributed by atoms with van der Waals surface area (Å²) in [4.78, 5) is 4.78. The van der Waals surface area contributed by atoms with Gasteiger partial charge in [0.25, 0.3) is 0 Å². The summed E-state index contributed by atoms with van der Waals surface area (Å²) in [6.45, 7) is 11.2. The third-order valence-corrected chi connectivity index (χ3v) is 3.33. The van der Waals surface area contributed by atoms with Crippen molar-refractivity contribution in [1.29, 1.82) is 0 Å². The highest BCUT2D eigenvalue weighted by molar-refractivity contribution is 5.42. The molecule has 0 aliphatic rings. The maximum absolute atomic E-state index is 6.24.